The van der Waals surface area contributed by atoms with Gasteiger partial charge in [0.2, 0.25) is 10.0 Å². The van der Waals surface area contributed by atoms with Crippen molar-refractivity contribution in [3.05, 3.63) is 64.1 Å². The lowest BCUT2D eigenvalue weighted by Crippen LogP contribution is -2.17. The van der Waals surface area contributed by atoms with Crippen molar-refractivity contribution in [3.63, 3.8) is 0 Å². The fourth-order valence-corrected chi connectivity index (χ4v) is 3.65. The van der Waals surface area contributed by atoms with E-state index >= 15 is 0 Å². The number of hydrogen-bond donors (Lipinski definition) is 1. The molecule has 0 atom stereocenters. The molecule has 0 radical (unpaired) electrons. The van der Waals surface area contributed by atoms with Crippen LogP contribution in [-0.2, 0) is 17.1 Å². The van der Waals surface area contributed by atoms with Gasteiger partial charge in [-0.3, -0.25) is 9.52 Å². The molecule has 0 fully saturated rings. The summed E-state index contributed by atoms with van der Waals surface area (Å²) in [5.74, 6) is 0. The summed E-state index contributed by atoms with van der Waals surface area (Å²) < 4.78 is 27.3. The van der Waals surface area contributed by atoms with Gasteiger partial charge in [0, 0.05) is 24.2 Å². The van der Waals surface area contributed by atoms with Gasteiger partial charge in [-0.1, -0.05) is 24.3 Å². The number of anilines is 1. The summed E-state index contributed by atoms with van der Waals surface area (Å²) in [6, 6.07) is 11.3. The fraction of sp³-hybridized carbons (Fsp3) is 0.211. The number of aryl methyl sites for hydroxylation is 3. The van der Waals surface area contributed by atoms with Gasteiger partial charge < -0.3 is 4.57 Å². The minimum atomic E-state index is -3.37. The highest BCUT2D eigenvalue weighted by molar-refractivity contribution is 7.92. The first-order valence-electron chi connectivity index (χ1n) is 7.85. The molecular formula is C19H20N2O3S. The van der Waals surface area contributed by atoms with Crippen molar-refractivity contribution < 1.29 is 8.42 Å². The van der Waals surface area contributed by atoms with E-state index in [2.05, 4.69) is 4.72 Å². The molecule has 0 unspecified atom stereocenters. The normalized spacial score (nSPS) is 11.7. The molecule has 0 spiro atoms. The molecule has 1 aromatic heterocycles. The van der Waals surface area contributed by atoms with Crippen LogP contribution in [-0.4, -0.2) is 19.2 Å². The first-order valence-corrected chi connectivity index (χ1v) is 9.74. The Kier molecular flexibility index (Phi) is 4.16. The van der Waals surface area contributed by atoms with Crippen molar-refractivity contribution in [2.75, 3.05) is 11.0 Å². The van der Waals surface area contributed by atoms with Crippen LogP contribution in [0.25, 0.3) is 21.9 Å². The molecule has 130 valence electrons. The summed E-state index contributed by atoms with van der Waals surface area (Å²) in [6.45, 7) is 3.82. The minimum Gasteiger partial charge on any atom is -0.317 e. The Hall–Kier alpha value is -2.60. The van der Waals surface area contributed by atoms with Gasteiger partial charge >= 0.3 is 0 Å². The quantitative estimate of drug-likeness (QED) is 0.784. The Morgan fingerprint density at radius 3 is 2.44 bits per heavy atom. The van der Waals surface area contributed by atoms with E-state index in [0.29, 0.717) is 11.1 Å². The Labute approximate surface area is 147 Å². The average Bonchev–Trinajstić information content (AvgIpc) is 2.52. The summed E-state index contributed by atoms with van der Waals surface area (Å²) in [6.07, 6.45) is 2.93. The molecule has 6 heteroatoms. The van der Waals surface area contributed by atoms with Gasteiger partial charge in [-0.2, -0.15) is 0 Å². The molecule has 5 nitrogen and oxygen atoms in total. The fourth-order valence-electron chi connectivity index (χ4n) is 3.03. The summed E-state index contributed by atoms with van der Waals surface area (Å²) in [4.78, 5) is 12.4. The molecule has 3 rings (SSSR count). The SMILES string of the molecule is Cc1ccc(-c2cn(C)c(=O)c3cccc(C)c23)cc1NS(C)(=O)=O. The molecule has 0 aliphatic heterocycles. The zero-order valence-corrected chi connectivity index (χ0v) is 15.4. The smallest absolute Gasteiger partial charge is 0.258 e. The molecular weight excluding hydrogens is 336 g/mol. The van der Waals surface area contributed by atoms with Crippen LogP contribution in [0.3, 0.4) is 0 Å². The molecule has 0 aliphatic rings. The monoisotopic (exact) mass is 356 g/mol. The standard InChI is InChI=1S/C19H20N2O3S/c1-12-8-9-14(10-17(12)20-25(4,23)24)16-11-21(3)19(22)15-7-5-6-13(2)18(15)16/h5-11,20H,1-4H3. The number of fused-ring (bicyclic) bond motifs is 1. The van der Waals surface area contributed by atoms with E-state index in [9.17, 15) is 13.2 Å². The van der Waals surface area contributed by atoms with E-state index in [-0.39, 0.29) is 5.56 Å². The zero-order chi connectivity index (χ0) is 18.4. The van der Waals surface area contributed by atoms with Gasteiger partial charge in [0.1, 0.15) is 0 Å². The number of hydrogen-bond acceptors (Lipinski definition) is 3. The van der Waals surface area contributed by atoms with Gasteiger partial charge in [0.25, 0.3) is 5.56 Å². The third-order valence-corrected chi connectivity index (χ3v) is 4.85. The Bertz CT molecular complexity index is 1150. The maximum absolute atomic E-state index is 12.4. The molecule has 1 N–H and O–H groups in total. The Morgan fingerprint density at radius 1 is 1.04 bits per heavy atom. The lowest BCUT2D eigenvalue weighted by Gasteiger charge is -2.14. The molecule has 0 saturated heterocycles. The zero-order valence-electron chi connectivity index (χ0n) is 14.6. The van der Waals surface area contributed by atoms with Crippen LogP contribution >= 0.6 is 0 Å². The van der Waals surface area contributed by atoms with Crippen molar-refractivity contribution in [2.45, 2.75) is 13.8 Å². The number of nitrogens with zero attached hydrogens (tertiary/aromatic N) is 1. The van der Waals surface area contributed by atoms with Gasteiger partial charge in [0.15, 0.2) is 0 Å². The van der Waals surface area contributed by atoms with E-state index in [4.69, 9.17) is 0 Å². The van der Waals surface area contributed by atoms with E-state index in [1.807, 2.05) is 50.2 Å². The maximum Gasteiger partial charge on any atom is 0.258 e. The van der Waals surface area contributed by atoms with Crippen molar-refractivity contribution in [1.82, 2.24) is 4.57 Å². The van der Waals surface area contributed by atoms with E-state index in [0.717, 1.165) is 33.9 Å². The Morgan fingerprint density at radius 2 is 1.76 bits per heavy atom. The van der Waals surface area contributed by atoms with Crippen LogP contribution in [0.15, 0.2) is 47.4 Å². The predicted octanol–water partition coefficient (Wildman–Crippen LogP) is 3.19. The van der Waals surface area contributed by atoms with Crippen LogP contribution < -0.4 is 10.3 Å². The number of nitrogens with one attached hydrogen (secondary N) is 1. The van der Waals surface area contributed by atoms with E-state index in [1.54, 1.807) is 17.8 Å². The molecule has 0 saturated carbocycles. The lowest BCUT2D eigenvalue weighted by molar-refractivity contribution is 0.607. The number of aromatic nitrogens is 1. The van der Waals surface area contributed by atoms with Gasteiger partial charge in [-0.25, -0.2) is 8.42 Å². The summed E-state index contributed by atoms with van der Waals surface area (Å²) >= 11 is 0. The number of pyridine rings is 1. The minimum absolute atomic E-state index is 0.0518. The second-order valence-corrected chi connectivity index (χ2v) is 8.11. The first-order chi connectivity index (χ1) is 11.7. The number of sulfonamides is 1. The summed E-state index contributed by atoms with van der Waals surface area (Å²) in [5, 5.41) is 1.54. The topological polar surface area (TPSA) is 68.2 Å². The molecule has 0 amide bonds. The molecule has 3 aromatic rings. The second-order valence-electron chi connectivity index (χ2n) is 6.36. The third-order valence-electron chi connectivity index (χ3n) is 4.26. The summed E-state index contributed by atoms with van der Waals surface area (Å²) in [5.41, 5.74) is 4.07. The van der Waals surface area contributed by atoms with Crippen LogP contribution in [0, 0.1) is 13.8 Å². The number of rotatable bonds is 3. The molecule has 25 heavy (non-hydrogen) atoms. The molecule has 0 aliphatic carbocycles. The van der Waals surface area contributed by atoms with Crippen LogP contribution in [0.5, 0.6) is 0 Å². The van der Waals surface area contributed by atoms with Crippen molar-refractivity contribution in [3.8, 4) is 11.1 Å². The van der Waals surface area contributed by atoms with Crippen LogP contribution in [0.2, 0.25) is 0 Å². The lowest BCUT2D eigenvalue weighted by atomic mass is 9.96. The van der Waals surface area contributed by atoms with Crippen molar-refractivity contribution >= 4 is 26.5 Å². The predicted molar refractivity (Wildman–Crippen MR) is 103 cm³/mol. The highest BCUT2D eigenvalue weighted by atomic mass is 32.2. The van der Waals surface area contributed by atoms with Crippen LogP contribution in [0.4, 0.5) is 5.69 Å². The van der Waals surface area contributed by atoms with Gasteiger partial charge in [-0.15, -0.1) is 0 Å². The van der Waals surface area contributed by atoms with Crippen LogP contribution in [0.1, 0.15) is 11.1 Å². The molecule has 2 aromatic carbocycles. The highest BCUT2D eigenvalue weighted by Gasteiger charge is 2.13. The Balaban J connectivity index is 2.33. The summed E-state index contributed by atoms with van der Waals surface area (Å²) in [7, 11) is -1.65. The average molecular weight is 356 g/mol. The molecule has 0 bridgehead atoms. The van der Waals surface area contributed by atoms with E-state index < -0.39 is 10.0 Å². The number of benzene rings is 2. The van der Waals surface area contributed by atoms with Gasteiger partial charge in [-0.05, 0) is 48.1 Å². The van der Waals surface area contributed by atoms with Crippen molar-refractivity contribution in [1.29, 1.82) is 0 Å². The van der Waals surface area contributed by atoms with E-state index in [1.165, 1.54) is 0 Å². The van der Waals surface area contributed by atoms with Crippen molar-refractivity contribution in [2.24, 2.45) is 7.05 Å². The molecule has 1 heterocycles. The maximum atomic E-state index is 12.4. The van der Waals surface area contributed by atoms with Gasteiger partial charge in [0.05, 0.1) is 11.9 Å². The largest absolute Gasteiger partial charge is 0.317 e. The highest BCUT2D eigenvalue weighted by Crippen LogP contribution is 2.32. The second kappa shape index (κ2) is 6.04. The first kappa shape index (κ1) is 17.2. The third kappa shape index (κ3) is 3.30.